The third-order valence-electron chi connectivity index (χ3n) is 5.38. The molecule has 0 aromatic heterocycles. The van der Waals surface area contributed by atoms with Crippen LogP contribution < -0.4 is 10.6 Å². The summed E-state index contributed by atoms with van der Waals surface area (Å²) in [4.78, 5) is 12.0. The second kappa shape index (κ2) is 6.67. The molecule has 3 rings (SSSR count). The first-order valence-electron chi connectivity index (χ1n) is 8.40. The molecule has 0 spiro atoms. The van der Waals surface area contributed by atoms with Gasteiger partial charge in [0.15, 0.2) is 0 Å². The molecule has 3 nitrogen and oxygen atoms in total. The lowest BCUT2D eigenvalue weighted by Crippen LogP contribution is -2.45. The molecule has 4 unspecified atom stereocenters. The van der Waals surface area contributed by atoms with E-state index in [-0.39, 0.29) is 17.9 Å². The van der Waals surface area contributed by atoms with Crippen molar-refractivity contribution in [1.82, 2.24) is 10.6 Å². The standard InChI is InChI=1S/C18H25FN2O/c1-12(17-11-14-5-6-15(17)9-14)21-18(22)20-8-7-13-3-2-4-16(19)10-13/h2-4,10,12,14-15,17H,5-9,11H2,1H3,(H2,20,21,22). The highest BCUT2D eigenvalue weighted by atomic mass is 19.1. The molecule has 4 heteroatoms. The van der Waals surface area contributed by atoms with E-state index in [4.69, 9.17) is 0 Å². The minimum Gasteiger partial charge on any atom is -0.338 e. The zero-order chi connectivity index (χ0) is 15.5. The highest BCUT2D eigenvalue weighted by Gasteiger charge is 2.42. The normalized spacial score (nSPS) is 27.6. The van der Waals surface area contributed by atoms with Crippen molar-refractivity contribution in [2.24, 2.45) is 17.8 Å². The van der Waals surface area contributed by atoms with Gasteiger partial charge in [0.25, 0.3) is 0 Å². The first kappa shape index (κ1) is 15.3. The Labute approximate surface area is 131 Å². The lowest BCUT2D eigenvalue weighted by molar-refractivity contribution is 0.220. The van der Waals surface area contributed by atoms with Gasteiger partial charge < -0.3 is 10.6 Å². The van der Waals surface area contributed by atoms with Gasteiger partial charge in [0.2, 0.25) is 0 Å². The number of fused-ring (bicyclic) bond motifs is 2. The van der Waals surface area contributed by atoms with Gasteiger partial charge in [-0.2, -0.15) is 0 Å². The maximum absolute atomic E-state index is 13.1. The Morgan fingerprint density at radius 2 is 2.23 bits per heavy atom. The average molecular weight is 304 g/mol. The Bertz CT molecular complexity index is 534. The summed E-state index contributed by atoms with van der Waals surface area (Å²) in [5.74, 6) is 2.13. The van der Waals surface area contributed by atoms with Crippen LogP contribution in [0.15, 0.2) is 24.3 Å². The maximum Gasteiger partial charge on any atom is 0.315 e. The van der Waals surface area contributed by atoms with Crippen molar-refractivity contribution in [3.8, 4) is 0 Å². The third kappa shape index (κ3) is 3.60. The molecule has 120 valence electrons. The molecule has 2 N–H and O–H groups in total. The number of hydrogen-bond acceptors (Lipinski definition) is 1. The van der Waals surface area contributed by atoms with E-state index in [0.29, 0.717) is 18.9 Å². The minimum atomic E-state index is -0.230. The summed E-state index contributed by atoms with van der Waals surface area (Å²) in [6.45, 7) is 2.65. The molecule has 2 saturated carbocycles. The van der Waals surface area contributed by atoms with Crippen LogP contribution in [0.2, 0.25) is 0 Å². The largest absolute Gasteiger partial charge is 0.338 e. The molecule has 2 bridgehead atoms. The number of rotatable bonds is 5. The van der Waals surface area contributed by atoms with Crippen molar-refractivity contribution in [3.63, 3.8) is 0 Å². The molecule has 22 heavy (non-hydrogen) atoms. The van der Waals surface area contributed by atoms with Crippen molar-refractivity contribution >= 4 is 6.03 Å². The van der Waals surface area contributed by atoms with Crippen LogP contribution >= 0.6 is 0 Å². The van der Waals surface area contributed by atoms with Crippen LogP contribution in [0.1, 0.15) is 38.2 Å². The van der Waals surface area contributed by atoms with Crippen LogP contribution in [0.4, 0.5) is 9.18 Å². The third-order valence-corrected chi connectivity index (χ3v) is 5.38. The number of halogens is 1. The van der Waals surface area contributed by atoms with Crippen molar-refractivity contribution in [3.05, 3.63) is 35.6 Å². The van der Waals surface area contributed by atoms with E-state index in [1.165, 1.54) is 37.8 Å². The number of benzene rings is 1. The monoisotopic (exact) mass is 304 g/mol. The lowest BCUT2D eigenvalue weighted by Gasteiger charge is -2.28. The summed E-state index contributed by atoms with van der Waals surface area (Å²) in [6, 6.07) is 6.65. The van der Waals surface area contributed by atoms with Gasteiger partial charge >= 0.3 is 6.03 Å². The Kier molecular flexibility index (Phi) is 4.65. The van der Waals surface area contributed by atoms with E-state index >= 15 is 0 Å². The number of hydrogen-bond donors (Lipinski definition) is 2. The van der Waals surface area contributed by atoms with Crippen LogP contribution in [0.3, 0.4) is 0 Å². The SMILES string of the molecule is CC(NC(=O)NCCc1cccc(F)c1)C1CC2CCC1C2. The topological polar surface area (TPSA) is 41.1 Å². The van der Waals surface area contributed by atoms with E-state index in [2.05, 4.69) is 17.6 Å². The van der Waals surface area contributed by atoms with E-state index < -0.39 is 0 Å². The summed E-state index contributed by atoms with van der Waals surface area (Å²) < 4.78 is 13.1. The molecular weight excluding hydrogens is 279 g/mol. The molecule has 0 saturated heterocycles. The van der Waals surface area contributed by atoms with E-state index in [1.54, 1.807) is 6.07 Å². The van der Waals surface area contributed by atoms with Crippen LogP contribution in [0, 0.1) is 23.6 Å². The second-order valence-electron chi connectivity index (χ2n) is 6.91. The number of urea groups is 1. The Morgan fingerprint density at radius 3 is 2.91 bits per heavy atom. The highest BCUT2D eigenvalue weighted by molar-refractivity contribution is 5.74. The Balaban J connectivity index is 1.39. The first-order chi connectivity index (χ1) is 10.6. The number of carbonyl (C=O) groups excluding carboxylic acids is 1. The van der Waals surface area contributed by atoms with Crippen molar-refractivity contribution in [1.29, 1.82) is 0 Å². The minimum absolute atomic E-state index is 0.105. The molecule has 2 fully saturated rings. The molecular formula is C18H25FN2O. The van der Waals surface area contributed by atoms with E-state index in [9.17, 15) is 9.18 Å². The predicted octanol–water partition coefficient (Wildman–Crippen LogP) is 3.49. The summed E-state index contributed by atoms with van der Waals surface area (Å²) in [5, 5.41) is 5.96. The molecule has 2 aliphatic carbocycles. The van der Waals surface area contributed by atoms with Crippen LogP contribution in [0.25, 0.3) is 0 Å². The average Bonchev–Trinajstić information content (AvgIpc) is 3.10. The fourth-order valence-electron chi connectivity index (χ4n) is 4.28. The van der Waals surface area contributed by atoms with Gasteiger partial charge in [0.05, 0.1) is 0 Å². The Morgan fingerprint density at radius 1 is 1.36 bits per heavy atom. The first-order valence-corrected chi connectivity index (χ1v) is 8.40. The van der Waals surface area contributed by atoms with E-state index in [1.807, 2.05) is 6.07 Å². The fourth-order valence-corrected chi connectivity index (χ4v) is 4.28. The molecule has 0 aliphatic heterocycles. The zero-order valence-electron chi connectivity index (χ0n) is 13.1. The molecule has 0 radical (unpaired) electrons. The van der Waals surface area contributed by atoms with Crippen molar-refractivity contribution < 1.29 is 9.18 Å². The molecule has 4 atom stereocenters. The molecule has 2 amide bonds. The van der Waals surface area contributed by atoms with E-state index in [0.717, 1.165) is 17.4 Å². The van der Waals surface area contributed by atoms with Gasteiger partial charge in [-0.05, 0) is 68.1 Å². The summed E-state index contributed by atoms with van der Waals surface area (Å²) in [5.41, 5.74) is 0.904. The second-order valence-corrected chi connectivity index (χ2v) is 6.91. The molecule has 1 aromatic rings. The summed E-state index contributed by atoms with van der Waals surface area (Å²) in [6.07, 6.45) is 6.00. The van der Waals surface area contributed by atoms with Crippen LogP contribution in [-0.4, -0.2) is 18.6 Å². The van der Waals surface area contributed by atoms with Gasteiger partial charge in [-0.15, -0.1) is 0 Å². The van der Waals surface area contributed by atoms with Crippen molar-refractivity contribution in [2.45, 2.75) is 45.1 Å². The predicted molar refractivity (Wildman–Crippen MR) is 85.0 cm³/mol. The number of amides is 2. The number of nitrogens with one attached hydrogen (secondary N) is 2. The number of carbonyl (C=O) groups is 1. The van der Waals surface area contributed by atoms with Crippen molar-refractivity contribution in [2.75, 3.05) is 6.54 Å². The summed E-state index contributed by atoms with van der Waals surface area (Å²) >= 11 is 0. The molecule has 1 aromatic carbocycles. The molecule has 0 heterocycles. The highest BCUT2D eigenvalue weighted by Crippen LogP contribution is 2.49. The van der Waals surface area contributed by atoms with Crippen LogP contribution in [0.5, 0.6) is 0 Å². The van der Waals surface area contributed by atoms with Crippen LogP contribution in [-0.2, 0) is 6.42 Å². The lowest BCUT2D eigenvalue weighted by atomic mass is 9.84. The fraction of sp³-hybridized carbons (Fsp3) is 0.611. The van der Waals surface area contributed by atoms with Gasteiger partial charge in [-0.1, -0.05) is 18.6 Å². The quantitative estimate of drug-likeness (QED) is 0.859. The smallest absolute Gasteiger partial charge is 0.315 e. The van der Waals surface area contributed by atoms with Gasteiger partial charge in [-0.3, -0.25) is 0 Å². The van der Waals surface area contributed by atoms with Gasteiger partial charge in [0.1, 0.15) is 5.82 Å². The Hall–Kier alpha value is -1.58. The van der Waals surface area contributed by atoms with Gasteiger partial charge in [-0.25, -0.2) is 9.18 Å². The summed E-state index contributed by atoms with van der Waals surface area (Å²) in [7, 11) is 0. The zero-order valence-corrected chi connectivity index (χ0v) is 13.1. The molecule has 2 aliphatic rings. The van der Waals surface area contributed by atoms with Gasteiger partial charge in [0, 0.05) is 12.6 Å². The maximum atomic E-state index is 13.1.